The monoisotopic (exact) mass is 361 g/mol. The van der Waals surface area contributed by atoms with Crippen LogP contribution in [0.2, 0.25) is 0 Å². The Bertz CT molecular complexity index is 807. The van der Waals surface area contributed by atoms with Gasteiger partial charge in [0.2, 0.25) is 6.54 Å². The summed E-state index contributed by atoms with van der Waals surface area (Å²) in [4.78, 5) is 12.1. The number of nitrogens with one attached hydrogen (secondary N) is 1. The van der Waals surface area contributed by atoms with Gasteiger partial charge >= 0.3 is 0 Å². The molecule has 1 aromatic carbocycles. The van der Waals surface area contributed by atoms with Crippen LogP contribution in [-0.4, -0.2) is 21.9 Å². The molecule has 0 saturated heterocycles. The second kappa shape index (κ2) is 7.98. The Morgan fingerprint density at radius 1 is 1.28 bits per heavy atom. The maximum atomic E-state index is 12.1. The Hall–Kier alpha value is -2.60. The van der Waals surface area contributed by atoms with Crippen molar-refractivity contribution in [3.63, 3.8) is 0 Å². The smallest absolute Gasteiger partial charge is 0.286 e. The molecule has 0 atom stereocenters. The van der Waals surface area contributed by atoms with Gasteiger partial charge in [0, 0.05) is 29.8 Å². The van der Waals surface area contributed by atoms with Crippen LogP contribution in [0.25, 0.3) is 0 Å². The number of halogens is 1. The van der Waals surface area contributed by atoms with Crippen LogP contribution in [0, 0.1) is 6.92 Å². The Morgan fingerprint density at radius 3 is 2.68 bits per heavy atom. The number of aromatic nitrogens is 1. The number of oxime groups is 1. The van der Waals surface area contributed by atoms with Crippen LogP contribution in [0.15, 0.2) is 41.8 Å². The minimum absolute atomic E-state index is 0. The molecule has 1 aromatic heterocycles. The van der Waals surface area contributed by atoms with Crippen LogP contribution in [-0.2, 0) is 24.3 Å². The van der Waals surface area contributed by atoms with E-state index in [0.717, 1.165) is 17.5 Å². The van der Waals surface area contributed by atoms with Gasteiger partial charge in [0.1, 0.15) is 5.75 Å². The van der Waals surface area contributed by atoms with E-state index in [1.54, 1.807) is 4.57 Å². The summed E-state index contributed by atoms with van der Waals surface area (Å²) in [5, 5.41) is 25.7. The zero-order valence-electron chi connectivity index (χ0n) is 13.9. The van der Waals surface area contributed by atoms with E-state index in [-0.39, 0.29) is 37.2 Å². The average molecular weight is 362 g/mol. The third kappa shape index (κ3) is 3.91. The van der Waals surface area contributed by atoms with Gasteiger partial charge < -0.3 is 28.0 Å². The van der Waals surface area contributed by atoms with E-state index in [4.69, 9.17) is 5.21 Å². The highest BCUT2D eigenvalue weighted by molar-refractivity contribution is 6.07. The van der Waals surface area contributed by atoms with Crippen molar-refractivity contribution in [2.75, 3.05) is 0 Å². The Morgan fingerprint density at radius 2 is 2.00 bits per heavy atom. The van der Waals surface area contributed by atoms with Crippen molar-refractivity contribution in [2.24, 2.45) is 5.16 Å². The van der Waals surface area contributed by atoms with Crippen molar-refractivity contribution in [1.29, 1.82) is 0 Å². The molecule has 0 unspecified atom stereocenters. The summed E-state index contributed by atoms with van der Waals surface area (Å²) in [6.07, 6.45) is 5.01. The molecule has 1 amide bonds. The van der Waals surface area contributed by atoms with E-state index >= 15 is 0 Å². The fourth-order valence-electron chi connectivity index (χ4n) is 3.11. The number of carbonyl (C=O) groups excluding carboxylic acids is 1. The van der Waals surface area contributed by atoms with Crippen molar-refractivity contribution >= 4 is 11.6 Å². The lowest BCUT2D eigenvalue weighted by Crippen LogP contribution is -3.00. The molecule has 0 spiro atoms. The van der Waals surface area contributed by atoms with E-state index in [2.05, 4.69) is 10.5 Å². The molecule has 2 aromatic rings. The summed E-state index contributed by atoms with van der Waals surface area (Å²) >= 11 is 0. The molecule has 0 radical (unpaired) electrons. The number of carbonyl (C=O) groups is 1. The molecule has 3 rings (SSSR count). The molecule has 0 aliphatic heterocycles. The first-order valence-electron chi connectivity index (χ1n) is 7.86. The molecule has 7 heteroatoms. The lowest BCUT2D eigenvalue weighted by atomic mass is 9.98. The normalized spacial score (nSPS) is 14.0. The first-order valence-corrected chi connectivity index (χ1v) is 7.86. The van der Waals surface area contributed by atoms with Gasteiger partial charge in [0.05, 0.1) is 5.71 Å². The van der Waals surface area contributed by atoms with Crippen LogP contribution in [0.3, 0.4) is 0 Å². The largest absolute Gasteiger partial charge is 1.00 e. The molecule has 0 saturated carbocycles. The summed E-state index contributed by atoms with van der Waals surface area (Å²) in [5.74, 6) is -0.0478. The molecule has 25 heavy (non-hydrogen) atoms. The zero-order valence-corrected chi connectivity index (χ0v) is 14.6. The second-order valence-corrected chi connectivity index (χ2v) is 5.93. The molecule has 0 fully saturated rings. The van der Waals surface area contributed by atoms with Crippen molar-refractivity contribution in [3.8, 4) is 5.75 Å². The Kier molecular flexibility index (Phi) is 5.98. The SMILES string of the molecule is Cc1cc(CNC(=O)C[n+]2ccccc2)c(O)c2c1CCC2=NO.[Cl-]. The lowest BCUT2D eigenvalue weighted by Gasteiger charge is -2.13. The van der Waals surface area contributed by atoms with E-state index in [0.29, 0.717) is 23.3 Å². The molecular formula is C18H20ClN3O3. The van der Waals surface area contributed by atoms with E-state index in [1.165, 1.54) is 0 Å². The number of aryl methyl sites for hydroxylation is 1. The van der Waals surface area contributed by atoms with Crippen molar-refractivity contribution in [2.45, 2.75) is 32.9 Å². The maximum Gasteiger partial charge on any atom is 0.286 e. The van der Waals surface area contributed by atoms with Gasteiger partial charge in [-0.1, -0.05) is 17.3 Å². The summed E-state index contributed by atoms with van der Waals surface area (Å²) in [6, 6.07) is 7.49. The topological polar surface area (TPSA) is 85.8 Å². The third-order valence-corrected chi connectivity index (χ3v) is 4.31. The number of rotatable bonds is 4. The van der Waals surface area contributed by atoms with Gasteiger partial charge in [0.15, 0.2) is 12.4 Å². The van der Waals surface area contributed by atoms with Crippen LogP contribution in [0.4, 0.5) is 0 Å². The van der Waals surface area contributed by atoms with Crippen LogP contribution in [0.5, 0.6) is 5.75 Å². The predicted molar refractivity (Wildman–Crippen MR) is 88.0 cm³/mol. The van der Waals surface area contributed by atoms with Gasteiger partial charge in [-0.05, 0) is 30.9 Å². The Labute approximate surface area is 152 Å². The second-order valence-electron chi connectivity index (χ2n) is 5.93. The molecule has 1 aliphatic rings. The van der Waals surface area contributed by atoms with Crippen molar-refractivity contribution in [3.05, 3.63) is 58.9 Å². The van der Waals surface area contributed by atoms with E-state index in [9.17, 15) is 9.90 Å². The number of hydrogen-bond acceptors (Lipinski definition) is 4. The van der Waals surface area contributed by atoms with Gasteiger partial charge in [0.25, 0.3) is 5.91 Å². The number of hydrogen-bond donors (Lipinski definition) is 3. The number of benzene rings is 1. The first-order chi connectivity index (χ1) is 11.6. The predicted octanol–water partition coefficient (Wildman–Crippen LogP) is -1.57. The van der Waals surface area contributed by atoms with Gasteiger partial charge in [-0.2, -0.15) is 4.57 Å². The van der Waals surface area contributed by atoms with E-state index < -0.39 is 0 Å². The van der Waals surface area contributed by atoms with Crippen molar-refractivity contribution < 1.29 is 32.1 Å². The molecule has 6 nitrogen and oxygen atoms in total. The summed E-state index contributed by atoms with van der Waals surface area (Å²) in [5.41, 5.74) is 3.77. The number of phenolic OH excluding ortho intramolecular Hbond substituents is 1. The van der Waals surface area contributed by atoms with Crippen LogP contribution in [0.1, 0.15) is 28.7 Å². The fourth-order valence-corrected chi connectivity index (χ4v) is 3.11. The average Bonchev–Trinajstić information content (AvgIpc) is 3.02. The maximum absolute atomic E-state index is 12.1. The number of aromatic hydroxyl groups is 1. The molecule has 1 aliphatic carbocycles. The zero-order chi connectivity index (χ0) is 17.1. The molecule has 132 valence electrons. The van der Waals surface area contributed by atoms with Crippen molar-refractivity contribution in [1.82, 2.24) is 5.32 Å². The minimum atomic E-state index is -0.139. The number of amides is 1. The molecule has 1 heterocycles. The number of nitrogens with zero attached hydrogens (tertiary/aromatic N) is 2. The van der Waals surface area contributed by atoms with E-state index in [1.807, 2.05) is 43.6 Å². The van der Waals surface area contributed by atoms with Crippen LogP contribution < -0.4 is 22.3 Å². The molecule has 3 N–H and O–H groups in total. The number of fused-ring (bicyclic) bond motifs is 1. The molecular weight excluding hydrogens is 342 g/mol. The highest BCUT2D eigenvalue weighted by Crippen LogP contribution is 2.35. The fraction of sp³-hybridized carbons (Fsp3) is 0.278. The minimum Gasteiger partial charge on any atom is -1.00 e. The first kappa shape index (κ1) is 18.7. The summed E-state index contributed by atoms with van der Waals surface area (Å²) in [6.45, 7) is 2.41. The molecule has 0 bridgehead atoms. The third-order valence-electron chi connectivity index (χ3n) is 4.31. The van der Waals surface area contributed by atoms with Gasteiger partial charge in [-0.15, -0.1) is 0 Å². The summed E-state index contributed by atoms with van der Waals surface area (Å²) in [7, 11) is 0. The number of pyridine rings is 1. The van der Waals surface area contributed by atoms with Crippen LogP contribution >= 0.6 is 0 Å². The quantitative estimate of drug-likeness (QED) is 0.349. The van der Waals surface area contributed by atoms with Gasteiger partial charge in [-0.3, -0.25) is 4.79 Å². The highest BCUT2D eigenvalue weighted by atomic mass is 35.5. The summed E-state index contributed by atoms with van der Waals surface area (Å²) < 4.78 is 1.78. The lowest BCUT2D eigenvalue weighted by molar-refractivity contribution is -0.684. The number of phenols is 1. The highest BCUT2D eigenvalue weighted by Gasteiger charge is 2.26. The standard InChI is InChI=1S/C18H19N3O3.ClH/c1-12-9-13(18(23)17-14(12)5-6-15(17)20-24)10-19-16(22)11-21-7-3-2-4-8-21;/h2-4,7-9H,5-6,10-11H2,1H3,(H2-,19,20,22,23,24);1H. The van der Waals surface area contributed by atoms with Gasteiger partial charge in [-0.25, -0.2) is 0 Å². The Balaban J connectivity index is 0.00000225.